The standard InChI is InChI=1S/C20H30N2O4/c1-7-22(14-18(23)21-20(3,4)5)19(24)12-10-15-9-11-16(26-8-2)17(13-15)25-6/h9-13H,7-8,14H2,1-6H3,(H,21,23). The van der Waals surface area contributed by atoms with Crippen molar-refractivity contribution in [3.8, 4) is 11.5 Å². The Labute approximate surface area is 156 Å². The maximum absolute atomic E-state index is 12.4. The van der Waals surface area contributed by atoms with E-state index in [1.165, 1.54) is 11.0 Å². The quantitative estimate of drug-likeness (QED) is 0.722. The summed E-state index contributed by atoms with van der Waals surface area (Å²) in [5, 5.41) is 2.86. The minimum atomic E-state index is -0.325. The first-order valence-electron chi connectivity index (χ1n) is 8.79. The number of benzene rings is 1. The molecule has 1 aromatic rings. The number of rotatable bonds is 8. The average Bonchev–Trinajstić information content (AvgIpc) is 2.57. The maximum atomic E-state index is 12.4. The minimum absolute atomic E-state index is 0.0313. The largest absolute Gasteiger partial charge is 0.493 e. The van der Waals surface area contributed by atoms with Gasteiger partial charge >= 0.3 is 0 Å². The van der Waals surface area contributed by atoms with Crippen LogP contribution in [0, 0.1) is 0 Å². The van der Waals surface area contributed by atoms with Crippen molar-refractivity contribution < 1.29 is 19.1 Å². The number of nitrogens with one attached hydrogen (secondary N) is 1. The Morgan fingerprint density at radius 3 is 2.42 bits per heavy atom. The lowest BCUT2D eigenvalue weighted by atomic mass is 10.1. The van der Waals surface area contributed by atoms with E-state index in [4.69, 9.17) is 9.47 Å². The van der Waals surface area contributed by atoms with Gasteiger partial charge in [0, 0.05) is 18.2 Å². The van der Waals surface area contributed by atoms with Crippen LogP contribution < -0.4 is 14.8 Å². The van der Waals surface area contributed by atoms with Crippen LogP contribution in [0.5, 0.6) is 11.5 Å². The fourth-order valence-corrected chi connectivity index (χ4v) is 2.31. The van der Waals surface area contributed by atoms with Crippen molar-refractivity contribution in [2.24, 2.45) is 0 Å². The van der Waals surface area contributed by atoms with Gasteiger partial charge < -0.3 is 19.7 Å². The summed E-state index contributed by atoms with van der Waals surface area (Å²) in [6.45, 7) is 10.5. The van der Waals surface area contributed by atoms with Gasteiger partial charge in [-0.1, -0.05) is 6.07 Å². The first-order chi connectivity index (χ1) is 12.2. The molecule has 0 saturated carbocycles. The number of ether oxygens (including phenoxy) is 2. The number of carbonyl (C=O) groups excluding carboxylic acids is 2. The normalized spacial score (nSPS) is 11.3. The molecule has 0 atom stereocenters. The molecule has 6 nitrogen and oxygen atoms in total. The number of nitrogens with zero attached hydrogens (tertiary/aromatic N) is 1. The predicted octanol–water partition coefficient (Wildman–Crippen LogP) is 2.87. The third-order valence-electron chi connectivity index (χ3n) is 3.45. The van der Waals surface area contributed by atoms with E-state index in [2.05, 4.69) is 5.32 Å². The molecule has 6 heteroatoms. The highest BCUT2D eigenvalue weighted by molar-refractivity contribution is 5.94. The minimum Gasteiger partial charge on any atom is -0.493 e. The van der Waals surface area contributed by atoms with Gasteiger partial charge in [-0.15, -0.1) is 0 Å². The number of likely N-dealkylation sites (N-methyl/N-ethyl adjacent to an activating group) is 1. The SMILES string of the molecule is CCOc1ccc(C=CC(=O)N(CC)CC(=O)NC(C)(C)C)cc1OC. The van der Waals surface area contributed by atoms with Crippen LogP contribution in [-0.2, 0) is 9.59 Å². The van der Waals surface area contributed by atoms with Crippen LogP contribution >= 0.6 is 0 Å². The molecule has 144 valence electrons. The number of amides is 2. The maximum Gasteiger partial charge on any atom is 0.247 e. The third kappa shape index (κ3) is 7.17. The lowest BCUT2D eigenvalue weighted by molar-refractivity contribution is -0.132. The Morgan fingerprint density at radius 2 is 1.88 bits per heavy atom. The molecule has 0 heterocycles. The van der Waals surface area contributed by atoms with Gasteiger partial charge in [-0.05, 0) is 58.4 Å². The Bertz CT molecular complexity index is 648. The van der Waals surface area contributed by atoms with E-state index in [0.717, 1.165) is 5.56 Å². The molecule has 0 unspecified atom stereocenters. The molecule has 0 aliphatic rings. The van der Waals surface area contributed by atoms with Gasteiger partial charge in [-0.25, -0.2) is 0 Å². The van der Waals surface area contributed by atoms with Crippen molar-refractivity contribution in [2.45, 2.75) is 40.2 Å². The van der Waals surface area contributed by atoms with E-state index >= 15 is 0 Å². The summed E-state index contributed by atoms with van der Waals surface area (Å²) in [7, 11) is 1.57. The van der Waals surface area contributed by atoms with Gasteiger partial charge in [0.15, 0.2) is 11.5 Å². The highest BCUT2D eigenvalue weighted by Gasteiger charge is 2.18. The van der Waals surface area contributed by atoms with Gasteiger partial charge in [-0.2, -0.15) is 0 Å². The Kier molecular flexibility index (Phi) is 8.16. The van der Waals surface area contributed by atoms with Crippen LogP contribution in [0.1, 0.15) is 40.2 Å². The zero-order chi connectivity index (χ0) is 19.7. The Balaban J connectivity index is 2.79. The number of methoxy groups -OCH3 is 1. The monoisotopic (exact) mass is 362 g/mol. The van der Waals surface area contributed by atoms with Crippen molar-refractivity contribution in [3.63, 3.8) is 0 Å². The van der Waals surface area contributed by atoms with E-state index in [1.54, 1.807) is 25.3 Å². The second kappa shape index (κ2) is 9.85. The summed E-state index contributed by atoms with van der Waals surface area (Å²) >= 11 is 0. The zero-order valence-electron chi connectivity index (χ0n) is 16.6. The number of hydrogen-bond acceptors (Lipinski definition) is 4. The highest BCUT2D eigenvalue weighted by Crippen LogP contribution is 2.28. The molecule has 1 N–H and O–H groups in total. The van der Waals surface area contributed by atoms with Crippen LogP contribution in [-0.4, -0.2) is 49.1 Å². The molecular formula is C20H30N2O4. The summed E-state index contributed by atoms with van der Waals surface area (Å²) < 4.78 is 10.8. The van der Waals surface area contributed by atoms with E-state index in [9.17, 15) is 9.59 Å². The number of carbonyl (C=O) groups is 2. The topological polar surface area (TPSA) is 67.9 Å². The second-order valence-electron chi connectivity index (χ2n) is 6.83. The van der Waals surface area contributed by atoms with E-state index < -0.39 is 0 Å². The molecular weight excluding hydrogens is 332 g/mol. The molecule has 0 radical (unpaired) electrons. The van der Waals surface area contributed by atoms with Crippen molar-refractivity contribution in [3.05, 3.63) is 29.8 Å². The van der Waals surface area contributed by atoms with E-state index in [1.807, 2.05) is 40.7 Å². The van der Waals surface area contributed by atoms with Crippen LogP contribution in [0.3, 0.4) is 0 Å². The van der Waals surface area contributed by atoms with Crippen LogP contribution in [0.2, 0.25) is 0 Å². The Hall–Kier alpha value is -2.50. The molecule has 0 saturated heterocycles. The van der Waals surface area contributed by atoms with Crippen molar-refractivity contribution >= 4 is 17.9 Å². The molecule has 0 spiro atoms. The molecule has 26 heavy (non-hydrogen) atoms. The molecule has 0 fully saturated rings. The molecule has 1 rings (SSSR count). The van der Waals surface area contributed by atoms with Gasteiger partial charge in [0.1, 0.15) is 0 Å². The van der Waals surface area contributed by atoms with Crippen LogP contribution in [0.15, 0.2) is 24.3 Å². The average molecular weight is 362 g/mol. The lowest BCUT2D eigenvalue weighted by Crippen LogP contribution is -2.47. The molecule has 0 bridgehead atoms. The van der Waals surface area contributed by atoms with Crippen molar-refractivity contribution in [2.75, 3.05) is 26.8 Å². The van der Waals surface area contributed by atoms with Gasteiger partial charge in [0.05, 0.1) is 20.3 Å². The molecule has 0 aliphatic carbocycles. The van der Waals surface area contributed by atoms with Gasteiger partial charge in [0.2, 0.25) is 11.8 Å². The first kappa shape index (κ1) is 21.5. The zero-order valence-corrected chi connectivity index (χ0v) is 16.6. The van der Waals surface area contributed by atoms with Gasteiger partial charge in [0.25, 0.3) is 0 Å². The summed E-state index contributed by atoms with van der Waals surface area (Å²) in [5.74, 6) is 0.874. The number of hydrogen-bond donors (Lipinski definition) is 1. The van der Waals surface area contributed by atoms with E-state index in [-0.39, 0.29) is 23.9 Å². The fraction of sp³-hybridized carbons (Fsp3) is 0.500. The summed E-state index contributed by atoms with van der Waals surface area (Å²) in [5.41, 5.74) is 0.489. The van der Waals surface area contributed by atoms with Crippen molar-refractivity contribution in [1.82, 2.24) is 10.2 Å². The lowest BCUT2D eigenvalue weighted by Gasteiger charge is -2.24. The van der Waals surface area contributed by atoms with Gasteiger partial charge in [-0.3, -0.25) is 9.59 Å². The Morgan fingerprint density at radius 1 is 1.19 bits per heavy atom. The smallest absolute Gasteiger partial charge is 0.247 e. The summed E-state index contributed by atoms with van der Waals surface area (Å²) in [6, 6.07) is 5.46. The highest BCUT2D eigenvalue weighted by atomic mass is 16.5. The van der Waals surface area contributed by atoms with Crippen LogP contribution in [0.4, 0.5) is 0 Å². The first-order valence-corrected chi connectivity index (χ1v) is 8.79. The summed E-state index contributed by atoms with van der Waals surface area (Å²) in [6.07, 6.45) is 3.16. The molecule has 2 amide bonds. The van der Waals surface area contributed by atoms with E-state index in [0.29, 0.717) is 24.7 Å². The third-order valence-corrected chi connectivity index (χ3v) is 3.45. The molecule has 0 aromatic heterocycles. The second-order valence-corrected chi connectivity index (χ2v) is 6.83. The van der Waals surface area contributed by atoms with Crippen LogP contribution in [0.25, 0.3) is 6.08 Å². The van der Waals surface area contributed by atoms with Crippen molar-refractivity contribution in [1.29, 1.82) is 0 Å². The molecule has 1 aromatic carbocycles. The fourth-order valence-electron chi connectivity index (χ4n) is 2.31. The molecule has 0 aliphatic heterocycles. The predicted molar refractivity (Wildman–Crippen MR) is 103 cm³/mol. The summed E-state index contributed by atoms with van der Waals surface area (Å²) in [4.78, 5) is 25.9.